The monoisotopic (exact) mass is 530 g/mol. The number of aliphatic carboxylic acids is 1. The van der Waals surface area contributed by atoms with Crippen molar-refractivity contribution in [2.45, 2.75) is 85.9 Å². The molecule has 39 heavy (non-hydrogen) atoms. The molecule has 0 spiro atoms. The molecule has 1 heterocycles. The van der Waals surface area contributed by atoms with Crippen molar-refractivity contribution in [3.63, 3.8) is 0 Å². The molecule has 2 atom stereocenters. The number of carbonyl (C=O) groups is 2. The maximum Gasteiger partial charge on any atom is 0.344 e. The smallest absolute Gasteiger partial charge is 0.344 e. The summed E-state index contributed by atoms with van der Waals surface area (Å²) >= 11 is 0. The van der Waals surface area contributed by atoms with Gasteiger partial charge < -0.3 is 19.7 Å². The van der Waals surface area contributed by atoms with Crippen LogP contribution in [0.5, 0.6) is 5.75 Å². The predicted octanol–water partition coefficient (Wildman–Crippen LogP) is 5.15. The maximum absolute atomic E-state index is 12.9. The fraction of sp³-hybridized carbons (Fsp3) is 0.394. The van der Waals surface area contributed by atoms with Crippen LogP contribution in [-0.4, -0.2) is 27.7 Å². The minimum atomic E-state index is -1.00. The van der Waals surface area contributed by atoms with E-state index in [1.165, 1.54) is 12.5 Å². The Bertz CT molecular complexity index is 1440. The standard InChI is InChI=1S/C33H42N2O4/c1-9-30-29(17-18-31(36)34-22(3)26-13-15-27(16-14-26)33(6,7)8)21(2)23(4)35(30)20-25-11-10-12-28(19-25)39-24(5)32(37)38/h9-17,19,22,24H,18,20H2,1-8H3,(H,34,36)(H,37,38). The first-order valence-corrected chi connectivity index (χ1v) is 13.5. The highest BCUT2D eigenvalue weighted by atomic mass is 16.5. The molecule has 6 heteroatoms. The Labute approximate surface area is 232 Å². The number of hydrogen-bond donors (Lipinski definition) is 2. The van der Waals surface area contributed by atoms with Gasteiger partial charge in [-0.1, -0.05) is 69.3 Å². The van der Waals surface area contributed by atoms with E-state index in [1.54, 1.807) is 6.07 Å². The normalized spacial score (nSPS) is 14.3. The van der Waals surface area contributed by atoms with Crippen molar-refractivity contribution in [2.24, 2.45) is 0 Å². The van der Waals surface area contributed by atoms with Crippen molar-refractivity contribution in [3.8, 4) is 5.75 Å². The number of carboxylic acid groups (broad SMARTS) is 1. The molecule has 1 aromatic heterocycles. The first kappa shape index (κ1) is 29.8. The van der Waals surface area contributed by atoms with Gasteiger partial charge in [-0.3, -0.25) is 4.79 Å². The first-order chi connectivity index (χ1) is 18.3. The number of ether oxygens (including phenoxy) is 1. The molecule has 208 valence electrons. The van der Waals surface area contributed by atoms with Crippen LogP contribution >= 0.6 is 0 Å². The summed E-state index contributed by atoms with van der Waals surface area (Å²) in [6, 6.07) is 15.9. The molecule has 2 aromatic carbocycles. The summed E-state index contributed by atoms with van der Waals surface area (Å²) < 4.78 is 7.77. The number of rotatable bonds is 9. The third-order valence-electron chi connectivity index (χ3n) is 7.24. The van der Waals surface area contributed by atoms with Gasteiger partial charge in [-0.2, -0.15) is 0 Å². The van der Waals surface area contributed by atoms with Crippen molar-refractivity contribution in [3.05, 3.63) is 87.0 Å². The number of benzene rings is 2. The lowest BCUT2D eigenvalue weighted by molar-refractivity contribution is -0.144. The van der Waals surface area contributed by atoms with E-state index in [9.17, 15) is 9.59 Å². The second-order valence-corrected chi connectivity index (χ2v) is 11.2. The van der Waals surface area contributed by atoms with Gasteiger partial charge in [0.25, 0.3) is 0 Å². The van der Waals surface area contributed by atoms with Crippen LogP contribution in [0.4, 0.5) is 0 Å². The summed E-state index contributed by atoms with van der Waals surface area (Å²) in [6.07, 6.45) is 3.43. The van der Waals surface area contributed by atoms with E-state index >= 15 is 0 Å². The lowest BCUT2D eigenvalue weighted by Crippen LogP contribution is -2.31. The fourth-order valence-electron chi connectivity index (χ4n) is 4.69. The number of carboxylic acids is 1. The molecule has 0 aliphatic rings. The Balaban J connectivity index is 1.77. The third-order valence-corrected chi connectivity index (χ3v) is 7.24. The summed E-state index contributed by atoms with van der Waals surface area (Å²) in [5.74, 6) is -0.500. The SMILES string of the molecule is CC=c1c(=CCC(=O)NC(C)c2ccc(C(C)(C)C)cc2)c(C)c(C)n1Cc1cccc(OC(C)C(=O)O)c1. The van der Waals surface area contributed by atoms with Gasteiger partial charge >= 0.3 is 5.97 Å². The molecule has 2 unspecified atom stereocenters. The number of carbonyl (C=O) groups excluding carboxylic acids is 1. The van der Waals surface area contributed by atoms with E-state index in [-0.39, 0.29) is 23.8 Å². The highest BCUT2D eigenvalue weighted by molar-refractivity contribution is 5.81. The van der Waals surface area contributed by atoms with Crippen LogP contribution in [0.25, 0.3) is 12.2 Å². The average molecular weight is 531 g/mol. The lowest BCUT2D eigenvalue weighted by Gasteiger charge is -2.20. The second-order valence-electron chi connectivity index (χ2n) is 11.2. The molecule has 0 radical (unpaired) electrons. The van der Waals surface area contributed by atoms with E-state index < -0.39 is 12.1 Å². The summed E-state index contributed by atoms with van der Waals surface area (Å²) in [5.41, 5.74) is 5.70. The third kappa shape index (κ3) is 7.41. The van der Waals surface area contributed by atoms with E-state index in [2.05, 4.69) is 74.8 Å². The van der Waals surface area contributed by atoms with Crippen molar-refractivity contribution in [1.29, 1.82) is 0 Å². The van der Waals surface area contributed by atoms with E-state index in [0.717, 1.165) is 33.0 Å². The van der Waals surface area contributed by atoms with Crippen molar-refractivity contribution >= 4 is 24.0 Å². The molecule has 0 bridgehead atoms. The Hall–Kier alpha value is -3.80. The highest BCUT2D eigenvalue weighted by Gasteiger charge is 2.16. The Morgan fingerprint density at radius 1 is 1.08 bits per heavy atom. The average Bonchev–Trinajstić information content (AvgIpc) is 3.10. The molecular weight excluding hydrogens is 488 g/mol. The maximum atomic E-state index is 12.9. The second kappa shape index (κ2) is 12.4. The zero-order valence-electron chi connectivity index (χ0n) is 24.5. The first-order valence-electron chi connectivity index (χ1n) is 13.5. The van der Waals surface area contributed by atoms with Crippen molar-refractivity contribution in [2.75, 3.05) is 0 Å². The number of nitrogens with one attached hydrogen (secondary N) is 1. The van der Waals surface area contributed by atoms with Crippen LogP contribution in [0.15, 0.2) is 48.5 Å². The summed E-state index contributed by atoms with van der Waals surface area (Å²) in [5, 5.41) is 14.4. The minimum absolute atomic E-state index is 0.0216. The Kier molecular flexibility index (Phi) is 9.44. The number of hydrogen-bond acceptors (Lipinski definition) is 3. The highest BCUT2D eigenvalue weighted by Crippen LogP contribution is 2.24. The van der Waals surface area contributed by atoms with Crippen LogP contribution in [0.1, 0.15) is 82.0 Å². The minimum Gasteiger partial charge on any atom is -0.479 e. The lowest BCUT2D eigenvalue weighted by atomic mass is 9.86. The molecular formula is C33H42N2O4. The van der Waals surface area contributed by atoms with E-state index in [1.807, 2.05) is 38.1 Å². The van der Waals surface area contributed by atoms with Crippen molar-refractivity contribution < 1.29 is 19.4 Å². The molecule has 0 saturated heterocycles. The van der Waals surface area contributed by atoms with Gasteiger partial charge in [-0.25, -0.2) is 4.79 Å². The molecule has 3 aromatic rings. The summed E-state index contributed by atoms with van der Waals surface area (Å²) in [7, 11) is 0. The van der Waals surface area contributed by atoms with E-state index in [0.29, 0.717) is 12.3 Å². The largest absolute Gasteiger partial charge is 0.479 e. The molecule has 2 N–H and O–H groups in total. The molecule has 0 saturated carbocycles. The van der Waals surface area contributed by atoms with Gasteiger partial charge in [0, 0.05) is 24.0 Å². The van der Waals surface area contributed by atoms with Crippen LogP contribution in [0.3, 0.4) is 0 Å². The van der Waals surface area contributed by atoms with Gasteiger partial charge in [0.15, 0.2) is 6.10 Å². The topological polar surface area (TPSA) is 80.6 Å². The van der Waals surface area contributed by atoms with E-state index in [4.69, 9.17) is 9.84 Å². The van der Waals surface area contributed by atoms with Crippen LogP contribution in [-0.2, 0) is 21.5 Å². The molecule has 0 aliphatic heterocycles. The zero-order valence-corrected chi connectivity index (χ0v) is 24.5. The van der Waals surface area contributed by atoms with Gasteiger partial charge in [-0.05, 0) is 79.6 Å². The fourth-order valence-corrected chi connectivity index (χ4v) is 4.69. The van der Waals surface area contributed by atoms with Gasteiger partial charge in [0.05, 0.1) is 6.04 Å². The van der Waals surface area contributed by atoms with Crippen LogP contribution in [0, 0.1) is 13.8 Å². The number of amides is 1. The van der Waals surface area contributed by atoms with Crippen LogP contribution in [0.2, 0.25) is 0 Å². The molecule has 6 nitrogen and oxygen atoms in total. The number of aromatic nitrogens is 1. The molecule has 3 rings (SSSR count). The van der Waals surface area contributed by atoms with Gasteiger partial charge in [-0.15, -0.1) is 0 Å². The van der Waals surface area contributed by atoms with Crippen LogP contribution < -0.4 is 20.6 Å². The molecule has 0 fully saturated rings. The quantitative estimate of drug-likeness (QED) is 0.401. The summed E-state index contributed by atoms with van der Waals surface area (Å²) in [6.45, 7) is 16.9. The van der Waals surface area contributed by atoms with Gasteiger partial charge in [0.2, 0.25) is 5.91 Å². The zero-order chi connectivity index (χ0) is 28.9. The molecule has 0 aliphatic carbocycles. The number of nitrogens with zero attached hydrogens (tertiary/aromatic N) is 1. The Morgan fingerprint density at radius 3 is 2.33 bits per heavy atom. The molecule has 1 amide bonds. The predicted molar refractivity (Wildman–Crippen MR) is 157 cm³/mol. The summed E-state index contributed by atoms with van der Waals surface area (Å²) in [4.78, 5) is 24.0. The van der Waals surface area contributed by atoms with Gasteiger partial charge in [0.1, 0.15) is 5.75 Å². The van der Waals surface area contributed by atoms with Crippen molar-refractivity contribution in [1.82, 2.24) is 9.88 Å². The Morgan fingerprint density at radius 2 is 1.74 bits per heavy atom.